The first-order valence-corrected chi connectivity index (χ1v) is 14.8. The monoisotopic (exact) mass is 594 g/mol. The van der Waals surface area contributed by atoms with Gasteiger partial charge >= 0.3 is 0 Å². The molecule has 1 N–H and O–H groups in total. The summed E-state index contributed by atoms with van der Waals surface area (Å²) in [6.07, 6.45) is -1.49. The number of ether oxygens (including phenoxy) is 9. The van der Waals surface area contributed by atoms with Crippen molar-refractivity contribution < 1.29 is 52.2 Å². The molecule has 11 heteroatoms. The molecule has 1 aromatic heterocycles. The van der Waals surface area contributed by atoms with Crippen LogP contribution >= 0.6 is 0 Å². The van der Waals surface area contributed by atoms with Crippen LogP contribution in [0.5, 0.6) is 28.7 Å². The van der Waals surface area contributed by atoms with E-state index in [4.69, 9.17) is 47.0 Å². The minimum Gasteiger partial charge on any atom is -0.491 e. The molecule has 0 saturated carbocycles. The lowest BCUT2D eigenvalue weighted by molar-refractivity contribution is 0.00264. The third kappa shape index (κ3) is 6.27. The van der Waals surface area contributed by atoms with Crippen molar-refractivity contribution in [2.45, 2.75) is 49.5 Å². The molecule has 11 nitrogen and oxygen atoms in total. The Bertz CT molecular complexity index is 1450. The first kappa shape index (κ1) is 27.1. The van der Waals surface area contributed by atoms with Gasteiger partial charge in [-0.1, -0.05) is 6.07 Å². The number of epoxide rings is 4. The molecule has 5 aliphatic heterocycles. The van der Waals surface area contributed by atoms with Gasteiger partial charge in [0.1, 0.15) is 85.7 Å². The van der Waals surface area contributed by atoms with Gasteiger partial charge in [-0.3, -0.25) is 0 Å². The number of aryl methyl sites for hydroxylation is 1. The van der Waals surface area contributed by atoms with Gasteiger partial charge < -0.3 is 52.2 Å². The summed E-state index contributed by atoms with van der Waals surface area (Å²) in [5, 5.41) is 12.0. The Balaban J connectivity index is 1.16. The van der Waals surface area contributed by atoms with Crippen molar-refractivity contribution in [2.24, 2.45) is 0 Å². The number of fused-ring (bicyclic) bond motifs is 1. The van der Waals surface area contributed by atoms with Crippen LogP contribution in [-0.2, 0) is 18.9 Å². The lowest BCUT2D eigenvalue weighted by Gasteiger charge is -2.37. The average Bonchev–Trinajstić information content (AvgIpc) is 3.84. The van der Waals surface area contributed by atoms with E-state index in [1.54, 1.807) is 0 Å². The summed E-state index contributed by atoms with van der Waals surface area (Å²) in [6, 6.07) is 13.1. The smallest absolute Gasteiger partial charge is 0.161 e. The Morgan fingerprint density at radius 2 is 1.30 bits per heavy atom. The third-order valence-corrected chi connectivity index (χ3v) is 7.98. The zero-order valence-electron chi connectivity index (χ0n) is 23.8. The molecular weight excluding hydrogens is 560 g/mol. The van der Waals surface area contributed by atoms with Gasteiger partial charge in [0.2, 0.25) is 0 Å². The molecule has 8 rings (SSSR count). The predicted octanol–water partition coefficient (Wildman–Crippen LogP) is 3.32. The van der Waals surface area contributed by atoms with Crippen LogP contribution < -0.4 is 23.7 Å². The zero-order valence-corrected chi connectivity index (χ0v) is 23.8. The van der Waals surface area contributed by atoms with Crippen molar-refractivity contribution in [3.05, 3.63) is 65.1 Å². The average molecular weight is 595 g/mol. The Hall–Kier alpha value is -3.48. The summed E-state index contributed by atoms with van der Waals surface area (Å²) >= 11 is 0. The van der Waals surface area contributed by atoms with Gasteiger partial charge in [-0.15, -0.1) is 0 Å². The standard InChI is InChI=1S/C32H34O11/c1-17-2-4-25(42-17)30-29-27(41-16-23-13-38-23)7-19(34-9-20-10-35-20)8-28(29)43-32(31(30)33)18-3-5-24(39-14-21-11-36-21)26(6-18)40-15-22-12-37-22/h2-8,20-23,30-33H,9-16H2,1H3. The first-order valence-electron chi connectivity index (χ1n) is 14.8. The topological polar surface area (TPSA) is 130 Å². The molecule has 228 valence electrons. The summed E-state index contributed by atoms with van der Waals surface area (Å²) in [6.45, 7) is 6.23. The summed E-state index contributed by atoms with van der Waals surface area (Å²) in [7, 11) is 0. The highest BCUT2D eigenvalue weighted by Gasteiger charge is 2.44. The minimum atomic E-state index is -1.02. The van der Waals surface area contributed by atoms with E-state index in [0.29, 0.717) is 92.9 Å². The largest absolute Gasteiger partial charge is 0.491 e. The van der Waals surface area contributed by atoms with Gasteiger partial charge in [-0.25, -0.2) is 0 Å². The molecule has 4 saturated heterocycles. The van der Waals surface area contributed by atoms with Gasteiger partial charge in [0.25, 0.3) is 0 Å². The third-order valence-electron chi connectivity index (χ3n) is 7.98. The second kappa shape index (κ2) is 11.2. The first-order chi connectivity index (χ1) is 21.1. The van der Waals surface area contributed by atoms with E-state index < -0.39 is 18.1 Å². The van der Waals surface area contributed by atoms with Crippen LogP contribution in [0.15, 0.2) is 46.9 Å². The van der Waals surface area contributed by atoms with Crippen molar-refractivity contribution in [3.8, 4) is 28.7 Å². The van der Waals surface area contributed by atoms with Crippen molar-refractivity contribution in [2.75, 3.05) is 52.9 Å². The number of aliphatic hydroxyl groups is 1. The summed E-state index contributed by atoms with van der Waals surface area (Å²) < 4.78 is 58.5. The normalized spacial score (nSPS) is 29.7. The molecule has 0 aliphatic carbocycles. The van der Waals surface area contributed by atoms with Crippen LogP contribution in [0.25, 0.3) is 0 Å². The molecule has 0 bridgehead atoms. The molecular formula is C32H34O11. The lowest BCUT2D eigenvalue weighted by Crippen LogP contribution is -2.35. The Labute approximate surface area is 248 Å². The van der Waals surface area contributed by atoms with Crippen LogP contribution in [0.2, 0.25) is 0 Å². The lowest BCUT2D eigenvalue weighted by atomic mass is 9.82. The van der Waals surface area contributed by atoms with E-state index in [1.807, 2.05) is 49.4 Å². The van der Waals surface area contributed by atoms with E-state index in [0.717, 1.165) is 11.3 Å². The maximum atomic E-state index is 12.0. The summed E-state index contributed by atoms with van der Waals surface area (Å²) in [4.78, 5) is 0. The van der Waals surface area contributed by atoms with E-state index in [2.05, 4.69) is 0 Å². The molecule has 4 fully saturated rings. The SMILES string of the molecule is Cc1ccc(C2c3c(OCC4CO4)cc(OCC4CO4)cc3OC(c3ccc(OCC4CO4)c(OCC4CO4)c3)C2O)o1. The fraction of sp³-hybridized carbons (Fsp3) is 0.500. The molecule has 6 heterocycles. The molecule has 0 amide bonds. The number of aliphatic hydroxyl groups excluding tert-OH is 1. The number of hydrogen-bond donors (Lipinski definition) is 1. The molecule has 7 unspecified atom stereocenters. The molecule has 2 aromatic carbocycles. The fourth-order valence-electron chi connectivity index (χ4n) is 5.26. The Kier molecular flexibility index (Phi) is 7.07. The molecule has 43 heavy (non-hydrogen) atoms. The molecule has 7 atom stereocenters. The van der Waals surface area contributed by atoms with Crippen molar-refractivity contribution in [3.63, 3.8) is 0 Å². The van der Waals surface area contributed by atoms with E-state index in [-0.39, 0.29) is 24.4 Å². The molecule has 0 spiro atoms. The van der Waals surface area contributed by atoms with Gasteiger partial charge in [0.15, 0.2) is 17.6 Å². The van der Waals surface area contributed by atoms with Gasteiger partial charge in [-0.2, -0.15) is 0 Å². The zero-order chi connectivity index (χ0) is 28.9. The molecule has 3 aromatic rings. The number of benzene rings is 2. The van der Waals surface area contributed by atoms with Gasteiger partial charge in [-0.05, 0) is 36.8 Å². The van der Waals surface area contributed by atoms with E-state index in [9.17, 15) is 5.11 Å². The summed E-state index contributed by atoms with van der Waals surface area (Å²) in [5.74, 6) is 3.60. The Morgan fingerprint density at radius 1 is 0.698 bits per heavy atom. The molecule has 5 aliphatic rings. The fourth-order valence-corrected chi connectivity index (χ4v) is 5.26. The number of hydrogen-bond acceptors (Lipinski definition) is 11. The predicted molar refractivity (Wildman–Crippen MR) is 148 cm³/mol. The Morgan fingerprint density at radius 3 is 1.91 bits per heavy atom. The highest BCUT2D eigenvalue weighted by atomic mass is 16.6. The van der Waals surface area contributed by atoms with E-state index in [1.165, 1.54) is 0 Å². The second-order valence-corrected chi connectivity index (χ2v) is 11.6. The van der Waals surface area contributed by atoms with Gasteiger partial charge in [0, 0.05) is 17.7 Å². The maximum absolute atomic E-state index is 12.0. The van der Waals surface area contributed by atoms with Crippen molar-refractivity contribution in [1.82, 2.24) is 0 Å². The maximum Gasteiger partial charge on any atom is 0.161 e. The highest BCUT2D eigenvalue weighted by molar-refractivity contribution is 5.57. The number of rotatable bonds is 14. The van der Waals surface area contributed by atoms with Gasteiger partial charge in [0.05, 0.1) is 32.3 Å². The van der Waals surface area contributed by atoms with Crippen molar-refractivity contribution >= 4 is 0 Å². The number of furan rings is 1. The highest BCUT2D eigenvalue weighted by Crippen LogP contribution is 2.52. The van der Waals surface area contributed by atoms with E-state index >= 15 is 0 Å². The van der Waals surface area contributed by atoms with Crippen LogP contribution in [0.3, 0.4) is 0 Å². The molecule has 0 radical (unpaired) electrons. The van der Waals surface area contributed by atoms with Crippen LogP contribution in [0, 0.1) is 6.92 Å². The summed E-state index contributed by atoms with van der Waals surface area (Å²) in [5.41, 5.74) is 1.42. The van der Waals surface area contributed by atoms with Crippen LogP contribution in [-0.4, -0.2) is 88.5 Å². The minimum absolute atomic E-state index is 0.0400. The van der Waals surface area contributed by atoms with Crippen LogP contribution in [0.1, 0.15) is 34.7 Å². The van der Waals surface area contributed by atoms with Crippen LogP contribution in [0.4, 0.5) is 0 Å². The quantitative estimate of drug-likeness (QED) is 0.276. The second-order valence-electron chi connectivity index (χ2n) is 11.6. The van der Waals surface area contributed by atoms with Crippen molar-refractivity contribution in [1.29, 1.82) is 0 Å².